The Morgan fingerprint density at radius 1 is 1.19 bits per heavy atom. The Kier molecular flexibility index (Phi) is 4.88. The number of carbonyl (C=O) groups is 1. The summed E-state index contributed by atoms with van der Waals surface area (Å²) < 4.78 is 5.34. The van der Waals surface area contributed by atoms with Crippen LogP contribution in [0.5, 0.6) is 0 Å². The molecule has 1 saturated heterocycles. The lowest BCUT2D eigenvalue weighted by Gasteiger charge is -2.34. The van der Waals surface area contributed by atoms with Gasteiger partial charge in [-0.25, -0.2) is 4.98 Å². The van der Waals surface area contributed by atoms with Crippen LogP contribution in [0, 0.1) is 13.8 Å². The fourth-order valence-corrected chi connectivity index (χ4v) is 4.29. The van der Waals surface area contributed by atoms with Crippen LogP contribution in [0.15, 0.2) is 34.2 Å². The molecule has 2 aromatic heterocycles. The molecule has 3 heterocycles. The maximum Gasteiger partial charge on any atom is 0.259 e. The minimum Gasteiger partial charge on any atom is -0.360 e. The number of hydrogen-bond acceptors (Lipinski definition) is 6. The normalized spacial score (nSPS) is 14.6. The zero-order valence-corrected chi connectivity index (χ0v) is 16.7. The summed E-state index contributed by atoms with van der Waals surface area (Å²) in [4.78, 5) is 21.8. The Hall–Kier alpha value is -2.38. The van der Waals surface area contributed by atoms with Gasteiger partial charge in [0.15, 0.2) is 5.13 Å². The highest BCUT2D eigenvalue weighted by molar-refractivity contribution is 7.13. The highest BCUT2D eigenvalue weighted by Crippen LogP contribution is 2.32. The minimum atomic E-state index is -0.0707. The minimum absolute atomic E-state index is 0.0707. The van der Waals surface area contributed by atoms with Crippen LogP contribution in [0.4, 0.5) is 5.13 Å². The molecule has 27 heavy (non-hydrogen) atoms. The molecule has 0 aliphatic carbocycles. The summed E-state index contributed by atoms with van der Waals surface area (Å²) in [6, 6.07) is 7.34. The molecule has 1 amide bonds. The van der Waals surface area contributed by atoms with Crippen molar-refractivity contribution >= 4 is 34.0 Å². The van der Waals surface area contributed by atoms with Gasteiger partial charge in [0.1, 0.15) is 17.0 Å². The molecule has 1 aliphatic heterocycles. The number of anilines is 1. The van der Waals surface area contributed by atoms with Gasteiger partial charge in [0.2, 0.25) is 0 Å². The summed E-state index contributed by atoms with van der Waals surface area (Å²) >= 11 is 7.94. The summed E-state index contributed by atoms with van der Waals surface area (Å²) in [5.74, 6) is 0.437. The van der Waals surface area contributed by atoms with Crippen molar-refractivity contribution in [1.29, 1.82) is 0 Å². The molecule has 1 aliphatic rings. The number of benzene rings is 1. The largest absolute Gasteiger partial charge is 0.360 e. The SMILES string of the molecule is Cc1csc(N2CCN(C(=O)c3c(-c4ccccc4Cl)noc3C)CC2)n1. The van der Waals surface area contributed by atoms with Crippen LogP contribution in [-0.4, -0.2) is 47.1 Å². The molecule has 4 rings (SSSR count). The van der Waals surface area contributed by atoms with Crippen molar-refractivity contribution in [1.82, 2.24) is 15.0 Å². The third-order valence-corrected chi connectivity index (χ3v) is 6.00. The number of carbonyl (C=O) groups excluding carboxylic acids is 1. The Labute approximate surface area is 166 Å². The predicted octanol–water partition coefficient (Wildman–Crippen LogP) is 4.03. The third kappa shape index (κ3) is 3.44. The van der Waals surface area contributed by atoms with Crippen LogP contribution in [0.2, 0.25) is 5.02 Å². The summed E-state index contributed by atoms with van der Waals surface area (Å²) in [6.45, 7) is 6.52. The second-order valence-electron chi connectivity index (χ2n) is 6.49. The van der Waals surface area contributed by atoms with Crippen molar-refractivity contribution in [3.8, 4) is 11.3 Å². The van der Waals surface area contributed by atoms with Crippen molar-refractivity contribution in [2.45, 2.75) is 13.8 Å². The van der Waals surface area contributed by atoms with Gasteiger partial charge < -0.3 is 14.3 Å². The Morgan fingerprint density at radius 2 is 1.93 bits per heavy atom. The van der Waals surface area contributed by atoms with E-state index < -0.39 is 0 Å². The molecule has 0 saturated carbocycles. The fraction of sp³-hybridized carbons (Fsp3) is 0.316. The quantitative estimate of drug-likeness (QED) is 0.661. The van der Waals surface area contributed by atoms with Crippen molar-refractivity contribution in [2.24, 2.45) is 0 Å². The third-order valence-electron chi connectivity index (χ3n) is 4.65. The Bertz CT molecular complexity index is 976. The number of piperazine rings is 1. The molecule has 6 nitrogen and oxygen atoms in total. The first kappa shape index (κ1) is 18.0. The van der Waals surface area contributed by atoms with Gasteiger partial charge in [0.25, 0.3) is 5.91 Å². The topological polar surface area (TPSA) is 62.5 Å². The molecule has 1 fully saturated rings. The number of thiazole rings is 1. The van der Waals surface area contributed by atoms with Crippen LogP contribution >= 0.6 is 22.9 Å². The average Bonchev–Trinajstić information content (AvgIpc) is 3.27. The molecular formula is C19H19ClN4O2S. The second-order valence-corrected chi connectivity index (χ2v) is 7.74. The van der Waals surface area contributed by atoms with Crippen molar-refractivity contribution in [2.75, 3.05) is 31.1 Å². The molecule has 0 N–H and O–H groups in total. The molecule has 140 valence electrons. The van der Waals surface area contributed by atoms with Crippen LogP contribution in [0.1, 0.15) is 21.8 Å². The predicted molar refractivity (Wildman–Crippen MR) is 107 cm³/mol. The van der Waals surface area contributed by atoms with Crippen LogP contribution in [0.25, 0.3) is 11.3 Å². The number of aromatic nitrogens is 2. The van der Waals surface area contributed by atoms with Gasteiger partial charge in [-0.2, -0.15) is 0 Å². The number of rotatable bonds is 3. The first-order valence-corrected chi connectivity index (χ1v) is 9.98. The van der Waals surface area contributed by atoms with E-state index in [4.69, 9.17) is 16.1 Å². The monoisotopic (exact) mass is 402 g/mol. The van der Waals surface area contributed by atoms with Crippen molar-refractivity contribution < 1.29 is 9.32 Å². The number of halogens is 1. The van der Waals surface area contributed by atoms with Gasteiger partial charge in [-0.1, -0.05) is 35.0 Å². The maximum atomic E-state index is 13.2. The summed E-state index contributed by atoms with van der Waals surface area (Å²) in [7, 11) is 0. The van der Waals surface area contributed by atoms with E-state index in [1.165, 1.54) is 0 Å². The van der Waals surface area contributed by atoms with Crippen molar-refractivity contribution in [3.63, 3.8) is 0 Å². The van der Waals surface area contributed by atoms with E-state index in [-0.39, 0.29) is 5.91 Å². The number of hydrogen-bond donors (Lipinski definition) is 0. The van der Waals surface area contributed by atoms with E-state index >= 15 is 0 Å². The molecule has 3 aromatic rings. The summed E-state index contributed by atoms with van der Waals surface area (Å²) in [6.07, 6.45) is 0. The van der Waals surface area contributed by atoms with Crippen LogP contribution in [-0.2, 0) is 0 Å². The number of nitrogens with zero attached hydrogens (tertiary/aromatic N) is 4. The first-order chi connectivity index (χ1) is 13.0. The van der Waals surface area contributed by atoms with Gasteiger partial charge >= 0.3 is 0 Å². The zero-order valence-electron chi connectivity index (χ0n) is 15.1. The Morgan fingerprint density at radius 3 is 2.59 bits per heavy atom. The highest BCUT2D eigenvalue weighted by atomic mass is 35.5. The van der Waals surface area contributed by atoms with E-state index in [1.54, 1.807) is 24.3 Å². The zero-order chi connectivity index (χ0) is 19.0. The molecule has 8 heteroatoms. The molecular weight excluding hydrogens is 384 g/mol. The number of amides is 1. The molecule has 0 spiro atoms. The van der Waals surface area contributed by atoms with E-state index in [9.17, 15) is 4.79 Å². The van der Waals surface area contributed by atoms with E-state index in [0.29, 0.717) is 40.7 Å². The molecule has 0 unspecified atom stereocenters. The Balaban J connectivity index is 1.54. The highest BCUT2D eigenvalue weighted by Gasteiger charge is 2.29. The fourth-order valence-electron chi connectivity index (χ4n) is 3.21. The molecule has 0 radical (unpaired) electrons. The van der Waals surface area contributed by atoms with Crippen LogP contribution < -0.4 is 4.90 Å². The van der Waals surface area contributed by atoms with E-state index in [0.717, 1.165) is 23.9 Å². The van der Waals surface area contributed by atoms with E-state index in [2.05, 4.69) is 15.0 Å². The van der Waals surface area contributed by atoms with Gasteiger partial charge in [0, 0.05) is 37.1 Å². The van der Waals surface area contributed by atoms with Gasteiger partial charge in [-0.05, 0) is 19.9 Å². The standard InChI is InChI=1S/C19H19ClN4O2S/c1-12-11-27-19(21-12)24-9-7-23(8-10-24)18(25)16-13(2)26-22-17(16)14-5-3-4-6-15(14)20/h3-6,11H,7-10H2,1-2H3. The molecule has 0 atom stereocenters. The van der Waals surface area contributed by atoms with Gasteiger partial charge in [-0.15, -0.1) is 11.3 Å². The molecule has 1 aromatic carbocycles. The second kappa shape index (κ2) is 7.32. The molecule has 0 bridgehead atoms. The smallest absolute Gasteiger partial charge is 0.259 e. The number of aryl methyl sites for hydroxylation is 2. The van der Waals surface area contributed by atoms with Crippen LogP contribution in [0.3, 0.4) is 0 Å². The van der Waals surface area contributed by atoms with Crippen molar-refractivity contribution in [3.05, 3.63) is 51.7 Å². The maximum absolute atomic E-state index is 13.2. The first-order valence-electron chi connectivity index (χ1n) is 8.72. The lowest BCUT2D eigenvalue weighted by atomic mass is 10.0. The summed E-state index contributed by atoms with van der Waals surface area (Å²) in [5.41, 5.74) is 2.72. The van der Waals surface area contributed by atoms with Gasteiger partial charge in [-0.3, -0.25) is 4.79 Å². The summed E-state index contributed by atoms with van der Waals surface area (Å²) in [5, 5.41) is 7.70. The van der Waals surface area contributed by atoms with Gasteiger partial charge in [0.05, 0.1) is 10.7 Å². The average molecular weight is 403 g/mol. The lowest BCUT2D eigenvalue weighted by molar-refractivity contribution is 0.0745. The van der Waals surface area contributed by atoms with E-state index in [1.807, 2.05) is 35.4 Å². The lowest BCUT2D eigenvalue weighted by Crippen LogP contribution is -2.49.